The summed E-state index contributed by atoms with van der Waals surface area (Å²) in [5, 5.41) is 20.1. The third-order valence-electron chi connectivity index (χ3n) is 3.84. The van der Waals surface area contributed by atoms with Crippen LogP contribution >= 0.6 is 7.82 Å². The summed E-state index contributed by atoms with van der Waals surface area (Å²) in [6.07, 6.45) is 1.24. The van der Waals surface area contributed by atoms with E-state index < -0.39 is 32.0 Å². The SMILES string of the molecule is CC(=O)c1ccc[n+]([C@@H]2C[C@H](COP(=O)(O)O)[C@@H](O)[C@H]2O)c1. The van der Waals surface area contributed by atoms with Gasteiger partial charge in [-0.3, -0.25) is 9.32 Å². The molecule has 0 spiro atoms. The molecule has 0 aromatic carbocycles. The van der Waals surface area contributed by atoms with Crippen molar-refractivity contribution in [1.82, 2.24) is 0 Å². The van der Waals surface area contributed by atoms with Crippen molar-refractivity contribution in [2.24, 2.45) is 5.92 Å². The Hall–Kier alpha value is -1.15. The van der Waals surface area contributed by atoms with Gasteiger partial charge in [0.2, 0.25) is 0 Å². The second kappa shape index (κ2) is 6.54. The maximum absolute atomic E-state index is 11.4. The first-order valence-electron chi connectivity index (χ1n) is 6.77. The van der Waals surface area contributed by atoms with E-state index in [4.69, 9.17) is 9.79 Å². The van der Waals surface area contributed by atoms with Crippen molar-refractivity contribution in [2.45, 2.75) is 31.6 Å². The summed E-state index contributed by atoms with van der Waals surface area (Å²) in [4.78, 5) is 28.8. The Morgan fingerprint density at radius 1 is 1.41 bits per heavy atom. The molecule has 4 N–H and O–H groups in total. The summed E-state index contributed by atoms with van der Waals surface area (Å²) >= 11 is 0. The van der Waals surface area contributed by atoms with Crippen LogP contribution < -0.4 is 4.57 Å². The van der Waals surface area contributed by atoms with E-state index in [-0.39, 0.29) is 18.8 Å². The quantitative estimate of drug-likeness (QED) is 0.327. The van der Waals surface area contributed by atoms with E-state index in [1.165, 1.54) is 6.92 Å². The van der Waals surface area contributed by atoms with E-state index in [1.54, 1.807) is 29.1 Å². The fraction of sp³-hybridized carbons (Fsp3) is 0.538. The minimum atomic E-state index is -4.62. The maximum Gasteiger partial charge on any atom is 0.469 e. The summed E-state index contributed by atoms with van der Waals surface area (Å²) in [5.41, 5.74) is 0.471. The lowest BCUT2D eigenvalue weighted by Gasteiger charge is -2.15. The van der Waals surface area contributed by atoms with Gasteiger partial charge in [0.15, 0.2) is 24.2 Å². The number of ketones is 1. The van der Waals surface area contributed by atoms with Gasteiger partial charge in [-0.1, -0.05) is 0 Å². The average molecular weight is 332 g/mol. The van der Waals surface area contributed by atoms with Crippen LogP contribution in [0.4, 0.5) is 0 Å². The van der Waals surface area contributed by atoms with E-state index in [0.29, 0.717) is 5.56 Å². The third kappa shape index (κ3) is 3.98. The van der Waals surface area contributed by atoms with Crippen molar-refractivity contribution in [1.29, 1.82) is 0 Å². The molecule has 4 atom stereocenters. The lowest BCUT2D eigenvalue weighted by molar-refractivity contribution is -0.728. The molecule has 0 amide bonds. The predicted molar refractivity (Wildman–Crippen MR) is 73.8 cm³/mol. The van der Waals surface area contributed by atoms with Crippen molar-refractivity contribution < 1.29 is 38.5 Å². The van der Waals surface area contributed by atoms with Gasteiger partial charge >= 0.3 is 7.82 Å². The number of hydrogen-bond acceptors (Lipinski definition) is 5. The second-order valence-corrected chi connectivity index (χ2v) is 6.67. The highest BCUT2D eigenvalue weighted by molar-refractivity contribution is 7.46. The number of rotatable bonds is 5. The molecular weight excluding hydrogens is 313 g/mol. The van der Waals surface area contributed by atoms with Crippen LogP contribution in [0.15, 0.2) is 24.5 Å². The summed E-state index contributed by atoms with van der Waals surface area (Å²) in [6.45, 7) is 1.07. The van der Waals surface area contributed by atoms with Gasteiger partial charge in [0.1, 0.15) is 6.10 Å². The van der Waals surface area contributed by atoms with Gasteiger partial charge in [0, 0.05) is 18.4 Å². The highest BCUT2D eigenvalue weighted by Gasteiger charge is 2.47. The Bertz CT molecular complexity index is 602. The van der Waals surface area contributed by atoms with Crippen LogP contribution in [0.5, 0.6) is 0 Å². The first-order chi connectivity index (χ1) is 10.2. The Labute approximate surface area is 127 Å². The summed E-state index contributed by atoms with van der Waals surface area (Å²) in [6, 6.07) is 2.81. The molecule has 0 aliphatic heterocycles. The summed E-state index contributed by atoms with van der Waals surface area (Å²) in [7, 11) is -4.62. The van der Waals surface area contributed by atoms with Crippen molar-refractivity contribution in [3.63, 3.8) is 0 Å². The van der Waals surface area contributed by atoms with Gasteiger partial charge < -0.3 is 20.0 Å². The maximum atomic E-state index is 11.4. The molecule has 0 unspecified atom stereocenters. The standard InChI is InChI=1S/C13H18NO7P/c1-8(15)9-3-2-4-14(6-9)11-5-10(12(16)13(11)17)7-21-22(18,19)20/h2-4,6,10-13,16-17H,5,7H2,1H3,(H-,18,19,20)/p+1/t10-,11-,12-,13+/m1/s1. The fourth-order valence-electron chi connectivity index (χ4n) is 2.66. The van der Waals surface area contributed by atoms with Gasteiger partial charge in [-0.2, -0.15) is 4.57 Å². The minimum Gasteiger partial charge on any atom is -0.390 e. The van der Waals surface area contributed by atoms with E-state index in [9.17, 15) is 19.6 Å². The molecular formula is C13H19NO7P+. The summed E-state index contributed by atoms with van der Waals surface area (Å²) in [5.74, 6) is -0.732. The number of carbonyl (C=O) groups excluding carboxylic acids is 1. The van der Waals surface area contributed by atoms with Gasteiger partial charge in [-0.15, -0.1) is 0 Å². The fourth-order valence-corrected chi connectivity index (χ4v) is 3.05. The normalized spacial score (nSPS) is 28.8. The van der Waals surface area contributed by atoms with Crippen LogP contribution in [0.1, 0.15) is 29.7 Å². The number of pyridine rings is 1. The number of aliphatic hydroxyl groups excluding tert-OH is 2. The zero-order chi connectivity index (χ0) is 16.5. The number of phosphoric ester groups is 1. The molecule has 1 saturated carbocycles. The molecule has 1 aliphatic rings. The van der Waals surface area contributed by atoms with Crippen molar-refractivity contribution >= 4 is 13.6 Å². The lowest BCUT2D eigenvalue weighted by Crippen LogP contribution is -2.45. The third-order valence-corrected chi connectivity index (χ3v) is 4.33. The van der Waals surface area contributed by atoms with E-state index in [1.807, 2.05) is 0 Å². The number of carbonyl (C=O) groups is 1. The Morgan fingerprint density at radius 3 is 2.68 bits per heavy atom. The van der Waals surface area contributed by atoms with Crippen LogP contribution in [0, 0.1) is 5.92 Å². The topological polar surface area (TPSA) is 128 Å². The van der Waals surface area contributed by atoms with Crippen molar-refractivity contribution in [2.75, 3.05) is 6.61 Å². The van der Waals surface area contributed by atoms with Crippen LogP contribution in [-0.4, -0.2) is 44.6 Å². The largest absolute Gasteiger partial charge is 0.469 e. The molecule has 1 fully saturated rings. The Morgan fingerprint density at radius 2 is 2.09 bits per heavy atom. The van der Waals surface area contributed by atoms with E-state index in [2.05, 4.69) is 4.52 Å². The molecule has 1 aromatic rings. The predicted octanol–water partition coefficient (Wildman–Crippen LogP) is -0.431. The van der Waals surface area contributed by atoms with E-state index >= 15 is 0 Å². The van der Waals surface area contributed by atoms with Crippen molar-refractivity contribution in [3.05, 3.63) is 30.1 Å². The first-order valence-corrected chi connectivity index (χ1v) is 8.30. The van der Waals surface area contributed by atoms with Gasteiger partial charge in [-0.25, -0.2) is 4.57 Å². The zero-order valence-electron chi connectivity index (χ0n) is 11.9. The zero-order valence-corrected chi connectivity index (χ0v) is 12.8. The first kappa shape index (κ1) is 17.2. The van der Waals surface area contributed by atoms with Crippen LogP contribution in [0.2, 0.25) is 0 Å². The number of phosphoric acid groups is 1. The lowest BCUT2D eigenvalue weighted by atomic mass is 10.1. The molecule has 122 valence electrons. The Kier molecular flexibility index (Phi) is 5.11. The molecule has 22 heavy (non-hydrogen) atoms. The number of aromatic nitrogens is 1. The highest BCUT2D eigenvalue weighted by Crippen LogP contribution is 2.40. The average Bonchev–Trinajstić information content (AvgIpc) is 2.72. The molecule has 0 radical (unpaired) electrons. The number of hydrogen-bond donors (Lipinski definition) is 4. The molecule has 1 heterocycles. The second-order valence-electron chi connectivity index (χ2n) is 5.43. The number of Topliss-reactive ketones (excluding diaryl/α,β-unsaturated/α-hetero) is 1. The number of aliphatic hydroxyl groups is 2. The van der Waals surface area contributed by atoms with Crippen molar-refractivity contribution in [3.8, 4) is 0 Å². The van der Waals surface area contributed by atoms with Gasteiger partial charge in [-0.05, 0) is 13.0 Å². The highest BCUT2D eigenvalue weighted by atomic mass is 31.2. The molecule has 1 aromatic heterocycles. The minimum absolute atomic E-state index is 0.122. The van der Waals surface area contributed by atoms with Crippen LogP contribution in [-0.2, 0) is 9.09 Å². The van der Waals surface area contributed by atoms with Crippen LogP contribution in [0.3, 0.4) is 0 Å². The number of nitrogens with zero attached hydrogens (tertiary/aromatic N) is 1. The monoisotopic (exact) mass is 332 g/mol. The Balaban J connectivity index is 2.14. The molecule has 2 rings (SSSR count). The molecule has 8 nitrogen and oxygen atoms in total. The molecule has 0 bridgehead atoms. The summed E-state index contributed by atoms with van der Waals surface area (Å²) < 4.78 is 16.8. The van der Waals surface area contributed by atoms with E-state index in [0.717, 1.165) is 0 Å². The molecule has 1 aliphatic carbocycles. The molecule has 0 saturated heterocycles. The van der Waals surface area contributed by atoms with Gasteiger partial charge in [0.05, 0.1) is 18.3 Å². The van der Waals surface area contributed by atoms with Gasteiger partial charge in [0.25, 0.3) is 0 Å². The van der Waals surface area contributed by atoms with Crippen LogP contribution in [0.25, 0.3) is 0 Å². The smallest absolute Gasteiger partial charge is 0.390 e. The molecule has 9 heteroatoms.